The van der Waals surface area contributed by atoms with Gasteiger partial charge in [0.1, 0.15) is 17.1 Å². The van der Waals surface area contributed by atoms with Gasteiger partial charge in [-0.1, -0.05) is 30.7 Å². The van der Waals surface area contributed by atoms with E-state index in [4.69, 9.17) is 25.8 Å². The highest BCUT2D eigenvalue weighted by atomic mass is 35.5. The Morgan fingerprint density at radius 2 is 1.79 bits per heavy atom. The van der Waals surface area contributed by atoms with Gasteiger partial charge >= 0.3 is 5.97 Å². The molecule has 8 heteroatoms. The minimum Gasteiger partial charge on any atom is -0.495 e. The van der Waals surface area contributed by atoms with E-state index in [0.717, 1.165) is 6.26 Å². The summed E-state index contributed by atoms with van der Waals surface area (Å²) in [5.74, 6) is 0.288. The van der Waals surface area contributed by atoms with Gasteiger partial charge in [0.05, 0.1) is 22.6 Å². The molecular formula is C21H21ClO6S. The Morgan fingerprint density at radius 1 is 1.14 bits per heavy atom. The third-order valence-corrected chi connectivity index (χ3v) is 6.27. The minimum atomic E-state index is -3.33. The second-order valence-electron chi connectivity index (χ2n) is 6.87. The maximum Gasteiger partial charge on any atom is 0.375 e. The van der Waals surface area contributed by atoms with Crippen molar-refractivity contribution in [2.45, 2.75) is 30.8 Å². The van der Waals surface area contributed by atoms with Gasteiger partial charge in [-0.05, 0) is 43.2 Å². The van der Waals surface area contributed by atoms with Gasteiger partial charge in [-0.2, -0.15) is 0 Å². The normalized spacial score (nSPS) is 19.3. The van der Waals surface area contributed by atoms with Crippen LogP contribution < -0.4 is 9.47 Å². The van der Waals surface area contributed by atoms with Crippen LogP contribution in [0.3, 0.4) is 0 Å². The molecule has 1 aliphatic rings. The lowest BCUT2D eigenvalue weighted by Crippen LogP contribution is -2.26. The fourth-order valence-corrected chi connectivity index (χ4v) is 4.00. The van der Waals surface area contributed by atoms with Crippen LogP contribution in [0, 0.1) is 0 Å². The third-order valence-electron chi connectivity index (χ3n) is 4.85. The predicted molar refractivity (Wildman–Crippen MR) is 110 cm³/mol. The SMILES string of the molecule is CC[C@@]1(C)OC(=O)C(Oc2ccc(OC)c(Cl)c2)=C1c1ccc(S(C)(=O)=O)cc1. The number of methoxy groups -OCH3 is 1. The Hall–Kier alpha value is -2.51. The van der Waals surface area contributed by atoms with Crippen molar-refractivity contribution in [1.82, 2.24) is 0 Å². The summed E-state index contributed by atoms with van der Waals surface area (Å²) in [7, 11) is -1.83. The molecule has 0 radical (unpaired) electrons. The molecule has 0 fully saturated rings. The zero-order chi connectivity index (χ0) is 21.4. The monoisotopic (exact) mass is 436 g/mol. The molecule has 1 heterocycles. The number of carbonyl (C=O) groups excluding carboxylic acids is 1. The maximum atomic E-state index is 12.6. The molecule has 2 aromatic carbocycles. The molecule has 0 unspecified atom stereocenters. The van der Waals surface area contributed by atoms with Crippen molar-refractivity contribution < 1.29 is 27.4 Å². The molecule has 0 aliphatic carbocycles. The molecule has 0 spiro atoms. The Kier molecular flexibility index (Phi) is 5.65. The first kappa shape index (κ1) is 21.2. The number of ether oxygens (including phenoxy) is 3. The van der Waals surface area contributed by atoms with E-state index in [9.17, 15) is 13.2 Å². The molecular weight excluding hydrogens is 416 g/mol. The number of sulfone groups is 1. The number of benzene rings is 2. The van der Waals surface area contributed by atoms with Crippen molar-refractivity contribution in [3.8, 4) is 11.5 Å². The van der Waals surface area contributed by atoms with E-state index in [1.165, 1.54) is 19.2 Å². The number of rotatable bonds is 6. The second-order valence-corrected chi connectivity index (χ2v) is 9.30. The number of carbonyl (C=O) groups is 1. The van der Waals surface area contributed by atoms with Crippen molar-refractivity contribution in [3.05, 3.63) is 58.8 Å². The van der Waals surface area contributed by atoms with E-state index >= 15 is 0 Å². The molecule has 0 amide bonds. The molecule has 6 nitrogen and oxygen atoms in total. The summed E-state index contributed by atoms with van der Waals surface area (Å²) in [6.07, 6.45) is 1.65. The van der Waals surface area contributed by atoms with Gasteiger partial charge < -0.3 is 14.2 Å². The van der Waals surface area contributed by atoms with Crippen LogP contribution in [0.2, 0.25) is 5.02 Å². The molecule has 29 heavy (non-hydrogen) atoms. The Bertz CT molecular complexity index is 1090. The first-order valence-electron chi connectivity index (χ1n) is 8.89. The van der Waals surface area contributed by atoms with Gasteiger partial charge in [-0.15, -0.1) is 0 Å². The summed E-state index contributed by atoms with van der Waals surface area (Å²) in [4.78, 5) is 12.8. The molecule has 154 valence electrons. The van der Waals surface area contributed by atoms with Crippen molar-refractivity contribution in [1.29, 1.82) is 0 Å². The van der Waals surface area contributed by atoms with Crippen LogP contribution in [0.15, 0.2) is 53.1 Å². The second kappa shape index (κ2) is 7.72. The lowest BCUT2D eigenvalue weighted by atomic mass is 9.88. The summed E-state index contributed by atoms with van der Waals surface area (Å²) in [5.41, 5.74) is 0.286. The number of hydrogen-bond donors (Lipinski definition) is 0. The van der Waals surface area contributed by atoms with E-state index in [1.54, 1.807) is 37.3 Å². The van der Waals surface area contributed by atoms with Gasteiger partial charge in [0.2, 0.25) is 5.76 Å². The van der Waals surface area contributed by atoms with E-state index < -0.39 is 21.4 Å². The van der Waals surface area contributed by atoms with Crippen molar-refractivity contribution >= 4 is 33.0 Å². The lowest BCUT2D eigenvalue weighted by Gasteiger charge is -2.24. The summed E-state index contributed by atoms with van der Waals surface area (Å²) in [6, 6.07) is 11.1. The molecule has 0 bridgehead atoms. The lowest BCUT2D eigenvalue weighted by molar-refractivity contribution is -0.147. The molecule has 0 aromatic heterocycles. The minimum absolute atomic E-state index is 0.0442. The molecule has 1 atom stereocenters. The van der Waals surface area contributed by atoms with Crippen LogP contribution in [-0.2, 0) is 19.4 Å². The van der Waals surface area contributed by atoms with Crippen LogP contribution in [0.1, 0.15) is 25.8 Å². The fraction of sp³-hybridized carbons (Fsp3) is 0.286. The summed E-state index contributed by atoms with van der Waals surface area (Å²) < 4.78 is 40.1. The molecule has 0 saturated carbocycles. The third kappa shape index (κ3) is 4.11. The summed E-state index contributed by atoms with van der Waals surface area (Å²) in [6.45, 7) is 3.69. The summed E-state index contributed by atoms with van der Waals surface area (Å²) >= 11 is 6.15. The average Bonchev–Trinajstić information content (AvgIpc) is 2.92. The van der Waals surface area contributed by atoms with Crippen molar-refractivity contribution in [3.63, 3.8) is 0 Å². The van der Waals surface area contributed by atoms with Crippen LogP contribution in [0.5, 0.6) is 11.5 Å². The first-order chi connectivity index (χ1) is 13.6. The topological polar surface area (TPSA) is 78.9 Å². The van der Waals surface area contributed by atoms with Gasteiger partial charge in [0.15, 0.2) is 9.84 Å². The van der Waals surface area contributed by atoms with Crippen molar-refractivity contribution in [2.24, 2.45) is 0 Å². The first-order valence-corrected chi connectivity index (χ1v) is 11.2. The zero-order valence-corrected chi connectivity index (χ0v) is 18.1. The van der Waals surface area contributed by atoms with E-state index in [1.807, 2.05) is 6.92 Å². The predicted octanol–water partition coefficient (Wildman–Crippen LogP) is 4.27. The zero-order valence-electron chi connectivity index (χ0n) is 16.5. The van der Waals surface area contributed by atoms with Gasteiger partial charge in [-0.25, -0.2) is 13.2 Å². The highest BCUT2D eigenvalue weighted by Gasteiger charge is 2.45. The molecule has 1 aliphatic heterocycles. The van der Waals surface area contributed by atoms with Crippen molar-refractivity contribution in [2.75, 3.05) is 13.4 Å². The number of hydrogen-bond acceptors (Lipinski definition) is 6. The van der Waals surface area contributed by atoms with E-state index in [2.05, 4.69) is 0 Å². The molecule has 2 aromatic rings. The smallest absolute Gasteiger partial charge is 0.375 e. The Morgan fingerprint density at radius 3 is 2.31 bits per heavy atom. The highest BCUT2D eigenvalue weighted by molar-refractivity contribution is 7.90. The number of cyclic esters (lactones) is 1. The van der Waals surface area contributed by atoms with Gasteiger partial charge in [0.25, 0.3) is 0 Å². The molecule has 0 saturated heterocycles. The molecule has 3 rings (SSSR count). The maximum absolute atomic E-state index is 12.6. The highest BCUT2D eigenvalue weighted by Crippen LogP contribution is 2.43. The van der Waals surface area contributed by atoms with E-state index in [-0.39, 0.29) is 10.7 Å². The van der Waals surface area contributed by atoms with Crippen LogP contribution >= 0.6 is 11.6 Å². The van der Waals surface area contributed by atoms with Gasteiger partial charge in [0, 0.05) is 12.3 Å². The van der Waals surface area contributed by atoms with Crippen LogP contribution in [0.25, 0.3) is 5.57 Å². The average molecular weight is 437 g/mol. The van der Waals surface area contributed by atoms with E-state index in [0.29, 0.717) is 34.1 Å². The standard InChI is InChI=1S/C21H21ClO6S/c1-5-21(2)18(13-6-9-15(10-7-13)29(4,24)25)19(20(23)28-21)27-14-8-11-17(26-3)16(22)12-14/h6-12H,5H2,1-4H3/t21-/m1/s1. The summed E-state index contributed by atoms with van der Waals surface area (Å²) in [5, 5.41) is 0.342. The van der Waals surface area contributed by atoms with Crippen LogP contribution in [0.4, 0.5) is 0 Å². The number of esters is 1. The number of halogens is 1. The Labute approximate surface area is 175 Å². The van der Waals surface area contributed by atoms with Gasteiger partial charge in [-0.3, -0.25) is 0 Å². The Balaban J connectivity index is 2.10. The largest absolute Gasteiger partial charge is 0.495 e. The van der Waals surface area contributed by atoms with Crippen LogP contribution in [-0.4, -0.2) is 33.4 Å². The fourth-order valence-electron chi connectivity index (χ4n) is 3.12. The quantitative estimate of drug-likeness (QED) is 0.629. The molecule has 0 N–H and O–H groups in total.